The normalized spacial score (nSPS) is 12.0. The molecule has 1 unspecified atom stereocenters. The van der Waals surface area contributed by atoms with Crippen molar-refractivity contribution in [2.45, 2.75) is 26.5 Å². The van der Waals surface area contributed by atoms with Crippen LogP contribution in [-0.4, -0.2) is 49.4 Å². The number of aromatic hydroxyl groups is 1. The van der Waals surface area contributed by atoms with Crippen LogP contribution in [0.15, 0.2) is 24.3 Å². The zero-order valence-electron chi connectivity index (χ0n) is 13.2. The zero-order chi connectivity index (χ0) is 16.8. The molecule has 4 N–H and O–H groups in total. The smallest absolute Gasteiger partial charge is 0.317 e. The molecule has 0 bridgehead atoms. The summed E-state index contributed by atoms with van der Waals surface area (Å²) in [4.78, 5) is 17.8. The van der Waals surface area contributed by atoms with E-state index in [0.29, 0.717) is 23.8 Å². The van der Waals surface area contributed by atoms with E-state index in [1.165, 1.54) is 17.0 Å². The molecule has 0 aliphatic carbocycles. The number of aryl methyl sites for hydroxylation is 1. The second kappa shape index (κ2) is 7.59. The number of nitrogens with one attached hydrogen (secondary N) is 2. The molecule has 8 nitrogen and oxygen atoms in total. The van der Waals surface area contributed by atoms with Gasteiger partial charge in [-0.3, -0.25) is 5.10 Å². The van der Waals surface area contributed by atoms with Gasteiger partial charge in [-0.1, -0.05) is 12.1 Å². The van der Waals surface area contributed by atoms with Crippen molar-refractivity contribution in [2.75, 3.05) is 13.1 Å². The molecule has 0 aliphatic rings. The Balaban J connectivity index is 1.91. The third-order valence-electron chi connectivity index (χ3n) is 3.36. The molecule has 124 valence electrons. The Hall–Kier alpha value is -2.61. The minimum atomic E-state index is -0.876. The van der Waals surface area contributed by atoms with Crippen molar-refractivity contribution in [3.63, 3.8) is 0 Å². The van der Waals surface area contributed by atoms with Crippen molar-refractivity contribution >= 4 is 6.03 Å². The Labute approximate surface area is 134 Å². The summed E-state index contributed by atoms with van der Waals surface area (Å²) in [5.74, 6) is 1.26. The number of aromatic nitrogens is 3. The highest BCUT2D eigenvalue weighted by atomic mass is 16.3. The number of benzene rings is 1. The topological polar surface area (TPSA) is 114 Å². The van der Waals surface area contributed by atoms with E-state index in [4.69, 9.17) is 0 Å². The first-order chi connectivity index (χ1) is 11.0. The number of likely N-dealkylation sites (N-methyl/N-ethyl adjacent to an activating group) is 1. The molecule has 0 fully saturated rings. The first kappa shape index (κ1) is 16.8. The molecule has 2 amide bonds. The molecular weight excluding hydrogens is 298 g/mol. The van der Waals surface area contributed by atoms with Crippen molar-refractivity contribution in [3.05, 3.63) is 41.5 Å². The van der Waals surface area contributed by atoms with Gasteiger partial charge >= 0.3 is 6.03 Å². The Bertz CT molecular complexity index is 658. The second-order valence-electron chi connectivity index (χ2n) is 5.15. The number of rotatable bonds is 6. The van der Waals surface area contributed by atoms with E-state index in [1.54, 1.807) is 19.1 Å². The molecular formula is C15H21N5O3. The molecule has 0 aliphatic heterocycles. The number of amides is 2. The van der Waals surface area contributed by atoms with Crippen LogP contribution in [0.3, 0.4) is 0 Å². The second-order valence-corrected chi connectivity index (χ2v) is 5.15. The van der Waals surface area contributed by atoms with Crippen LogP contribution in [0.2, 0.25) is 0 Å². The number of carbonyl (C=O) groups is 1. The molecule has 2 rings (SSSR count). The highest BCUT2D eigenvalue weighted by Gasteiger charge is 2.18. The van der Waals surface area contributed by atoms with Gasteiger partial charge in [-0.15, -0.1) is 0 Å². The van der Waals surface area contributed by atoms with Crippen LogP contribution in [0.1, 0.15) is 30.2 Å². The van der Waals surface area contributed by atoms with Gasteiger partial charge in [0.15, 0.2) is 5.82 Å². The number of nitrogens with zero attached hydrogens (tertiary/aromatic N) is 3. The number of urea groups is 1. The summed E-state index contributed by atoms with van der Waals surface area (Å²) in [6.07, 6.45) is -0.876. The summed E-state index contributed by atoms with van der Waals surface area (Å²) in [7, 11) is 0. The fourth-order valence-electron chi connectivity index (χ4n) is 2.14. The number of phenols is 1. The van der Waals surface area contributed by atoms with Gasteiger partial charge in [-0.25, -0.2) is 9.78 Å². The summed E-state index contributed by atoms with van der Waals surface area (Å²) in [6.45, 7) is 4.38. The number of aliphatic hydroxyl groups excluding tert-OH is 1. The maximum Gasteiger partial charge on any atom is 0.317 e. The molecule has 0 spiro atoms. The minimum absolute atomic E-state index is 0.0778. The van der Waals surface area contributed by atoms with E-state index >= 15 is 0 Å². The van der Waals surface area contributed by atoms with E-state index in [2.05, 4.69) is 20.5 Å². The maximum atomic E-state index is 12.2. The van der Waals surface area contributed by atoms with Gasteiger partial charge in [0.2, 0.25) is 0 Å². The Kier molecular flexibility index (Phi) is 5.53. The van der Waals surface area contributed by atoms with E-state index in [1.807, 2.05) is 6.92 Å². The average Bonchev–Trinajstić information content (AvgIpc) is 2.95. The molecule has 2 aromatic rings. The fourth-order valence-corrected chi connectivity index (χ4v) is 2.14. The fraction of sp³-hybridized carbons (Fsp3) is 0.400. The molecule has 0 radical (unpaired) electrons. The number of hydrogen-bond donors (Lipinski definition) is 4. The first-order valence-corrected chi connectivity index (χ1v) is 7.37. The van der Waals surface area contributed by atoms with Gasteiger partial charge in [0.05, 0.1) is 19.2 Å². The molecule has 0 saturated carbocycles. The van der Waals surface area contributed by atoms with E-state index in [9.17, 15) is 15.0 Å². The minimum Gasteiger partial charge on any atom is -0.508 e. The average molecular weight is 319 g/mol. The Morgan fingerprint density at radius 2 is 2.26 bits per heavy atom. The van der Waals surface area contributed by atoms with Crippen LogP contribution < -0.4 is 5.32 Å². The van der Waals surface area contributed by atoms with Gasteiger partial charge in [0, 0.05) is 6.54 Å². The van der Waals surface area contributed by atoms with Crippen LogP contribution in [0.5, 0.6) is 5.75 Å². The molecule has 1 atom stereocenters. The number of aromatic amines is 1. The molecule has 0 saturated heterocycles. The van der Waals surface area contributed by atoms with E-state index in [-0.39, 0.29) is 24.9 Å². The lowest BCUT2D eigenvalue weighted by Crippen LogP contribution is -2.41. The van der Waals surface area contributed by atoms with E-state index < -0.39 is 6.10 Å². The summed E-state index contributed by atoms with van der Waals surface area (Å²) >= 11 is 0. The molecule has 1 heterocycles. The lowest BCUT2D eigenvalue weighted by molar-refractivity contribution is 0.123. The molecule has 8 heteroatoms. The predicted molar refractivity (Wildman–Crippen MR) is 83.7 cm³/mol. The number of hydrogen-bond acceptors (Lipinski definition) is 5. The highest BCUT2D eigenvalue weighted by molar-refractivity contribution is 5.74. The third-order valence-corrected chi connectivity index (χ3v) is 3.36. The van der Waals surface area contributed by atoms with E-state index in [0.717, 1.165) is 0 Å². The molecule has 1 aromatic carbocycles. The van der Waals surface area contributed by atoms with Crippen molar-refractivity contribution < 1.29 is 15.0 Å². The molecule has 1 aromatic heterocycles. The van der Waals surface area contributed by atoms with Crippen LogP contribution in [0, 0.1) is 6.92 Å². The summed E-state index contributed by atoms with van der Waals surface area (Å²) in [6, 6.07) is 6.04. The quantitative estimate of drug-likeness (QED) is 0.636. The van der Waals surface area contributed by atoms with Crippen molar-refractivity contribution in [2.24, 2.45) is 0 Å². The third kappa shape index (κ3) is 4.68. The lowest BCUT2D eigenvalue weighted by Gasteiger charge is -2.24. The summed E-state index contributed by atoms with van der Waals surface area (Å²) in [5.41, 5.74) is 0.556. The SMILES string of the molecule is CCN(CC(O)c1cccc(O)c1)C(=O)NCc1n[nH]c(C)n1. The Morgan fingerprint density at radius 3 is 2.87 bits per heavy atom. The summed E-state index contributed by atoms with van der Waals surface area (Å²) in [5, 5.41) is 29.0. The van der Waals surface area contributed by atoms with Gasteiger partial charge in [-0.05, 0) is 31.5 Å². The number of aliphatic hydroxyl groups is 1. The lowest BCUT2D eigenvalue weighted by atomic mass is 10.1. The van der Waals surface area contributed by atoms with Gasteiger partial charge < -0.3 is 20.4 Å². The predicted octanol–water partition coefficient (Wildman–Crippen LogP) is 1.08. The molecule has 23 heavy (non-hydrogen) atoms. The zero-order valence-corrected chi connectivity index (χ0v) is 13.2. The summed E-state index contributed by atoms with van der Waals surface area (Å²) < 4.78 is 0. The van der Waals surface area contributed by atoms with Crippen molar-refractivity contribution in [1.82, 2.24) is 25.4 Å². The van der Waals surface area contributed by atoms with Crippen LogP contribution in [0.4, 0.5) is 4.79 Å². The number of H-pyrrole nitrogens is 1. The standard InChI is InChI=1S/C15H21N5O3/c1-3-20(9-13(22)11-5-4-6-12(21)7-11)15(23)16-8-14-17-10(2)18-19-14/h4-7,13,21-22H,3,8-9H2,1-2H3,(H,16,23)(H,17,18,19). The largest absolute Gasteiger partial charge is 0.508 e. The van der Waals surface area contributed by atoms with Crippen molar-refractivity contribution in [1.29, 1.82) is 0 Å². The Morgan fingerprint density at radius 1 is 1.48 bits per heavy atom. The van der Waals surface area contributed by atoms with Crippen LogP contribution in [-0.2, 0) is 6.54 Å². The van der Waals surface area contributed by atoms with Crippen molar-refractivity contribution in [3.8, 4) is 5.75 Å². The monoisotopic (exact) mass is 319 g/mol. The highest BCUT2D eigenvalue weighted by Crippen LogP contribution is 2.19. The van der Waals surface area contributed by atoms with Crippen LogP contribution in [0.25, 0.3) is 0 Å². The van der Waals surface area contributed by atoms with Gasteiger partial charge in [-0.2, -0.15) is 5.10 Å². The number of phenolic OH excluding ortho intramolecular Hbond substituents is 1. The number of carbonyl (C=O) groups excluding carboxylic acids is 1. The maximum absolute atomic E-state index is 12.2. The van der Waals surface area contributed by atoms with Gasteiger partial charge in [0.1, 0.15) is 11.6 Å². The van der Waals surface area contributed by atoms with Crippen LogP contribution >= 0.6 is 0 Å². The van der Waals surface area contributed by atoms with Gasteiger partial charge in [0.25, 0.3) is 0 Å². The first-order valence-electron chi connectivity index (χ1n) is 7.37.